The molecule has 25 heavy (non-hydrogen) atoms. The Morgan fingerprint density at radius 3 is 2.44 bits per heavy atom. The van der Waals surface area contributed by atoms with Gasteiger partial charge in [0.15, 0.2) is 5.82 Å². The minimum absolute atomic E-state index is 0.0774. The smallest absolute Gasteiger partial charge is 0.226 e. The van der Waals surface area contributed by atoms with Crippen LogP contribution >= 0.6 is 0 Å². The van der Waals surface area contributed by atoms with E-state index >= 15 is 0 Å². The first kappa shape index (κ1) is 17.5. The third kappa shape index (κ3) is 4.02. The number of nitrogens with zero attached hydrogens (tertiary/aromatic N) is 3. The molecule has 1 fully saturated rings. The molecule has 3 rings (SSSR count). The number of hydrogen-bond acceptors (Lipinski definition) is 4. The second-order valence-electron chi connectivity index (χ2n) is 6.67. The monoisotopic (exact) mass is 343 g/mol. The minimum atomic E-state index is -0.920. The summed E-state index contributed by atoms with van der Waals surface area (Å²) in [7, 11) is 1.67. The molecule has 1 unspecified atom stereocenters. The number of carbonyl (C=O) groups excluding carboxylic acids is 1. The summed E-state index contributed by atoms with van der Waals surface area (Å²) in [5.41, 5.74) is -0.196. The lowest BCUT2D eigenvalue weighted by Gasteiger charge is -2.30. The highest BCUT2D eigenvalue weighted by Crippen LogP contribution is 2.34. The van der Waals surface area contributed by atoms with Crippen molar-refractivity contribution >= 4 is 5.91 Å². The topological polar surface area (TPSA) is 66.3 Å². The van der Waals surface area contributed by atoms with Gasteiger partial charge in [0.25, 0.3) is 0 Å². The molecule has 132 valence electrons. The maximum atomic E-state index is 13.3. The van der Waals surface area contributed by atoms with Gasteiger partial charge in [-0.15, -0.1) is 0 Å². The van der Waals surface area contributed by atoms with Gasteiger partial charge >= 0.3 is 0 Å². The van der Waals surface area contributed by atoms with E-state index in [-0.39, 0.29) is 18.1 Å². The van der Waals surface area contributed by atoms with Gasteiger partial charge in [-0.2, -0.15) is 0 Å². The molecule has 1 heterocycles. The molecule has 1 aliphatic rings. The SMILES string of the molecule is CN(C(=O)CC1(O)CCCC1)C(c1ccc(F)cc1)c1ncccn1. The highest BCUT2D eigenvalue weighted by molar-refractivity contribution is 5.78. The van der Waals surface area contributed by atoms with Gasteiger partial charge in [-0.3, -0.25) is 4.79 Å². The number of rotatable bonds is 5. The fraction of sp³-hybridized carbons (Fsp3) is 0.421. The Morgan fingerprint density at radius 2 is 1.84 bits per heavy atom. The Morgan fingerprint density at radius 1 is 1.24 bits per heavy atom. The first-order valence-corrected chi connectivity index (χ1v) is 8.49. The summed E-state index contributed by atoms with van der Waals surface area (Å²) in [6.07, 6.45) is 6.48. The molecular weight excluding hydrogens is 321 g/mol. The lowest BCUT2D eigenvalue weighted by Crippen LogP contribution is -2.38. The van der Waals surface area contributed by atoms with Crippen LogP contribution in [0, 0.1) is 5.82 Å². The van der Waals surface area contributed by atoms with Crippen molar-refractivity contribution in [3.63, 3.8) is 0 Å². The Hall–Kier alpha value is -2.34. The van der Waals surface area contributed by atoms with Crippen LogP contribution in [0.15, 0.2) is 42.7 Å². The molecule has 6 heteroatoms. The van der Waals surface area contributed by atoms with Crippen LogP contribution in [-0.4, -0.2) is 38.5 Å². The van der Waals surface area contributed by atoms with E-state index in [4.69, 9.17) is 0 Å². The Kier molecular flexibility index (Phi) is 5.08. The highest BCUT2D eigenvalue weighted by atomic mass is 19.1. The van der Waals surface area contributed by atoms with Crippen molar-refractivity contribution < 1.29 is 14.3 Å². The van der Waals surface area contributed by atoms with E-state index < -0.39 is 11.6 Å². The van der Waals surface area contributed by atoms with Crippen molar-refractivity contribution in [2.24, 2.45) is 0 Å². The van der Waals surface area contributed by atoms with Crippen molar-refractivity contribution in [3.05, 3.63) is 59.9 Å². The molecule has 2 aromatic rings. The average molecular weight is 343 g/mol. The number of hydrogen-bond donors (Lipinski definition) is 1. The Bertz CT molecular complexity index is 715. The standard InChI is InChI=1S/C19H22FN3O2/c1-23(16(24)13-19(25)9-2-3-10-19)17(18-21-11-4-12-22-18)14-5-7-15(20)8-6-14/h4-8,11-12,17,25H,2-3,9-10,13H2,1H3. The van der Waals surface area contributed by atoms with Gasteiger partial charge < -0.3 is 10.0 Å². The molecule has 5 nitrogen and oxygen atoms in total. The van der Waals surface area contributed by atoms with Gasteiger partial charge in [-0.05, 0) is 36.6 Å². The molecule has 0 saturated heterocycles. The second kappa shape index (κ2) is 7.27. The zero-order valence-electron chi connectivity index (χ0n) is 14.2. The Balaban J connectivity index is 1.88. The zero-order chi connectivity index (χ0) is 17.9. The summed E-state index contributed by atoms with van der Waals surface area (Å²) >= 11 is 0. The van der Waals surface area contributed by atoms with Crippen LogP contribution in [0.1, 0.15) is 49.5 Å². The average Bonchev–Trinajstić information content (AvgIpc) is 3.04. The number of amides is 1. The van der Waals surface area contributed by atoms with Crippen LogP contribution in [0.4, 0.5) is 4.39 Å². The number of aromatic nitrogens is 2. The van der Waals surface area contributed by atoms with Crippen LogP contribution in [0.25, 0.3) is 0 Å². The highest BCUT2D eigenvalue weighted by Gasteiger charge is 2.36. The number of carbonyl (C=O) groups is 1. The number of aliphatic hydroxyl groups is 1. The molecule has 0 spiro atoms. The van der Waals surface area contributed by atoms with Crippen molar-refractivity contribution in [3.8, 4) is 0 Å². The van der Waals surface area contributed by atoms with E-state index in [2.05, 4.69) is 9.97 Å². The second-order valence-corrected chi connectivity index (χ2v) is 6.67. The van der Waals surface area contributed by atoms with Gasteiger partial charge in [0.05, 0.1) is 12.0 Å². The molecule has 1 aromatic carbocycles. The third-order valence-corrected chi connectivity index (χ3v) is 4.81. The quantitative estimate of drug-likeness (QED) is 0.906. The molecule has 1 saturated carbocycles. The van der Waals surface area contributed by atoms with Gasteiger partial charge in [-0.1, -0.05) is 25.0 Å². The van der Waals surface area contributed by atoms with Gasteiger partial charge in [0, 0.05) is 19.4 Å². The van der Waals surface area contributed by atoms with Crippen LogP contribution in [0.3, 0.4) is 0 Å². The summed E-state index contributed by atoms with van der Waals surface area (Å²) in [6.45, 7) is 0. The van der Waals surface area contributed by atoms with Crippen molar-refractivity contribution in [1.82, 2.24) is 14.9 Å². The molecule has 1 amide bonds. The van der Waals surface area contributed by atoms with E-state index in [9.17, 15) is 14.3 Å². The Labute approximate surface area is 146 Å². The molecule has 0 radical (unpaired) electrons. The summed E-state index contributed by atoms with van der Waals surface area (Å²) in [5, 5.41) is 10.5. The maximum absolute atomic E-state index is 13.3. The van der Waals surface area contributed by atoms with E-state index in [1.807, 2.05) is 0 Å². The predicted molar refractivity (Wildman–Crippen MR) is 91.1 cm³/mol. The summed E-state index contributed by atoms with van der Waals surface area (Å²) < 4.78 is 13.3. The maximum Gasteiger partial charge on any atom is 0.226 e. The van der Waals surface area contributed by atoms with Crippen LogP contribution in [0.2, 0.25) is 0 Å². The molecule has 1 aromatic heterocycles. The van der Waals surface area contributed by atoms with Crippen molar-refractivity contribution in [2.75, 3.05) is 7.05 Å². The first-order chi connectivity index (χ1) is 12.0. The largest absolute Gasteiger partial charge is 0.389 e. The first-order valence-electron chi connectivity index (χ1n) is 8.49. The van der Waals surface area contributed by atoms with E-state index in [1.54, 1.807) is 42.5 Å². The minimum Gasteiger partial charge on any atom is -0.389 e. The normalized spacial score (nSPS) is 17.2. The summed E-state index contributed by atoms with van der Waals surface area (Å²) in [6, 6.07) is 7.14. The molecule has 1 N–H and O–H groups in total. The number of halogens is 1. The van der Waals surface area contributed by atoms with Gasteiger partial charge in [0.2, 0.25) is 5.91 Å². The summed E-state index contributed by atoms with van der Waals surface area (Å²) in [5.74, 6) is -0.0553. The van der Waals surface area contributed by atoms with E-state index in [1.165, 1.54) is 12.1 Å². The third-order valence-electron chi connectivity index (χ3n) is 4.81. The van der Waals surface area contributed by atoms with Crippen LogP contribution in [0.5, 0.6) is 0 Å². The molecule has 0 bridgehead atoms. The fourth-order valence-corrected chi connectivity index (χ4v) is 3.40. The van der Waals surface area contributed by atoms with Gasteiger partial charge in [-0.25, -0.2) is 14.4 Å². The predicted octanol–water partition coefficient (Wildman–Crippen LogP) is 2.86. The van der Waals surface area contributed by atoms with Crippen LogP contribution in [-0.2, 0) is 4.79 Å². The fourth-order valence-electron chi connectivity index (χ4n) is 3.40. The molecule has 1 aliphatic carbocycles. The lowest BCUT2D eigenvalue weighted by molar-refractivity contribution is -0.136. The molecule has 1 atom stereocenters. The molecule has 0 aliphatic heterocycles. The van der Waals surface area contributed by atoms with E-state index in [0.29, 0.717) is 18.7 Å². The van der Waals surface area contributed by atoms with E-state index in [0.717, 1.165) is 18.4 Å². The van der Waals surface area contributed by atoms with Crippen molar-refractivity contribution in [1.29, 1.82) is 0 Å². The number of benzene rings is 1. The zero-order valence-corrected chi connectivity index (χ0v) is 14.2. The summed E-state index contributed by atoms with van der Waals surface area (Å²) in [4.78, 5) is 22.9. The molecular formula is C19H22FN3O2. The van der Waals surface area contributed by atoms with Crippen LogP contribution < -0.4 is 0 Å². The lowest BCUT2D eigenvalue weighted by atomic mass is 9.96. The van der Waals surface area contributed by atoms with Crippen molar-refractivity contribution in [2.45, 2.75) is 43.7 Å². The van der Waals surface area contributed by atoms with Gasteiger partial charge in [0.1, 0.15) is 11.9 Å².